The van der Waals surface area contributed by atoms with Gasteiger partial charge in [0.05, 0.1) is 12.8 Å². The number of carbonyl (C=O) groups excluding carboxylic acids is 1. The van der Waals surface area contributed by atoms with Gasteiger partial charge in [-0.1, -0.05) is 19.9 Å². The van der Waals surface area contributed by atoms with E-state index < -0.39 is 0 Å². The van der Waals surface area contributed by atoms with Crippen molar-refractivity contribution in [1.82, 2.24) is 5.06 Å². The molecular weight excluding hydrogens is 228 g/mol. The van der Waals surface area contributed by atoms with Gasteiger partial charge in [0.2, 0.25) is 0 Å². The molecule has 0 aromatic heterocycles. The lowest BCUT2D eigenvalue weighted by atomic mass is 9.99. The van der Waals surface area contributed by atoms with Crippen LogP contribution in [0.3, 0.4) is 0 Å². The van der Waals surface area contributed by atoms with Crippen molar-refractivity contribution in [3.63, 3.8) is 0 Å². The molecule has 0 aromatic rings. The molecule has 0 unspecified atom stereocenters. The molecule has 0 N–H and O–H groups in total. The van der Waals surface area contributed by atoms with Crippen LogP contribution in [0.1, 0.15) is 20.8 Å². The number of hydrogen-bond donors (Lipinski definition) is 0. The minimum atomic E-state index is -0.173. The number of amides is 1. The highest BCUT2D eigenvalue weighted by molar-refractivity contribution is 6.14. The molecule has 18 heavy (non-hydrogen) atoms. The van der Waals surface area contributed by atoms with Gasteiger partial charge in [-0.25, -0.2) is 5.06 Å². The molecule has 0 fully saturated rings. The number of allylic oxidation sites excluding steroid dienone is 4. The fraction of sp³-hybridized carbons (Fsp3) is 0.429. The van der Waals surface area contributed by atoms with E-state index in [4.69, 9.17) is 4.84 Å². The third-order valence-electron chi connectivity index (χ3n) is 2.39. The van der Waals surface area contributed by atoms with E-state index in [1.807, 2.05) is 32.9 Å². The molecular formula is C14H22N2O2. The van der Waals surface area contributed by atoms with E-state index in [9.17, 15) is 4.79 Å². The number of hydrogen-bond acceptors (Lipinski definition) is 3. The summed E-state index contributed by atoms with van der Waals surface area (Å²) in [7, 11) is 4.77. The number of carbonyl (C=O) groups is 1. The predicted molar refractivity (Wildman–Crippen MR) is 75.5 cm³/mol. The average molecular weight is 250 g/mol. The van der Waals surface area contributed by atoms with E-state index in [0.29, 0.717) is 5.57 Å². The number of aliphatic imine (C=N–C) groups is 1. The summed E-state index contributed by atoms with van der Waals surface area (Å²) >= 11 is 0. The number of nitrogens with zero attached hydrogens (tertiary/aromatic N) is 2. The summed E-state index contributed by atoms with van der Waals surface area (Å²) in [6.07, 6.45) is 7.30. The zero-order chi connectivity index (χ0) is 14.1. The highest BCUT2D eigenvalue weighted by Crippen LogP contribution is 2.15. The molecule has 1 aliphatic rings. The van der Waals surface area contributed by atoms with Crippen molar-refractivity contribution in [2.45, 2.75) is 20.8 Å². The Hall–Kier alpha value is -1.68. The Labute approximate surface area is 109 Å². The molecule has 4 nitrogen and oxygen atoms in total. The molecule has 0 atom stereocenters. The largest absolute Gasteiger partial charge is 0.288 e. The van der Waals surface area contributed by atoms with Crippen LogP contribution >= 0.6 is 0 Å². The molecule has 0 saturated heterocycles. The van der Waals surface area contributed by atoms with Crippen molar-refractivity contribution in [1.29, 1.82) is 0 Å². The van der Waals surface area contributed by atoms with Crippen molar-refractivity contribution in [3.05, 3.63) is 35.5 Å². The summed E-state index contributed by atoms with van der Waals surface area (Å²) in [6.45, 7) is 5.91. The highest BCUT2D eigenvalue weighted by atomic mass is 16.7. The van der Waals surface area contributed by atoms with Gasteiger partial charge in [0, 0.05) is 19.7 Å². The Morgan fingerprint density at radius 2 is 2.00 bits per heavy atom. The predicted octanol–water partition coefficient (Wildman–Crippen LogP) is 2.55. The summed E-state index contributed by atoms with van der Waals surface area (Å²) in [5, 5.41) is 1.19. The first kappa shape index (κ1) is 16.3. The van der Waals surface area contributed by atoms with Crippen molar-refractivity contribution < 1.29 is 9.63 Å². The van der Waals surface area contributed by atoms with E-state index in [1.165, 1.54) is 12.2 Å². The second-order valence-electron chi connectivity index (χ2n) is 3.27. The van der Waals surface area contributed by atoms with E-state index in [2.05, 4.69) is 4.99 Å². The summed E-state index contributed by atoms with van der Waals surface area (Å²) < 4.78 is 0. The highest BCUT2D eigenvalue weighted by Gasteiger charge is 2.16. The summed E-state index contributed by atoms with van der Waals surface area (Å²) in [6, 6.07) is 0. The van der Waals surface area contributed by atoms with Gasteiger partial charge in [-0.2, -0.15) is 0 Å². The first-order valence-corrected chi connectivity index (χ1v) is 5.99. The van der Waals surface area contributed by atoms with Crippen molar-refractivity contribution in [3.8, 4) is 0 Å². The van der Waals surface area contributed by atoms with Gasteiger partial charge in [-0.15, -0.1) is 0 Å². The molecule has 0 spiro atoms. The fourth-order valence-corrected chi connectivity index (χ4v) is 1.39. The van der Waals surface area contributed by atoms with Crippen molar-refractivity contribution >= 4 is 11.6 Å². The molecule has 1 amide bonds. The Morgan fingerprint density at radius 1 is 1.39 bits per heavy atom. The topological polar surface area (TPSA) is 41.9 Å². The number of rotatable bonds is 2. The van der Waals surface area contributed by atoms with Crippen molar-refractivity contribution in [2.75, 3.05) is 21.2 Å². The molecule has 0 radical (unpaired) electrons. The number of likely N-dealkylation sites (N-methyl/N-ethyl adjacent to an activating group) is 1. The van der Waals surface area contributed by atoms with E-state index in [-0.39, 0.29) is 5.91 Å². The zero-order valence-corrected chi connectivity index (χ0v) is 12.0. The lowest BCUT2D eigenvalue weighted by Gasteiger charge is -2.16. The van der Waals surface area contributed by atoms with Crippen LogP contribution in [0.15, 0.2) is 40.4 Å². The second-order valence-corrected chi connectivity index (χ2v) is 3.27. The van der Waals surface area contributed by atoms with Crippen LogP contribution in [0.25, 0.3) is 0 Å². The molecule has 0 saturated carbocycles. The maximum atomic E-state index is 11.8. The molecule has 0 aromatic carbocycles. The average Bonchev–Trinajstić information content (AvgIpc) is 2.46. The van der Waals surface area contributed by atoms with Crippen LogP contribution in [0.4, 0.5) is 0 Å². The minimum Gasteiger partial charge on any atom is -0.288 e. The Bertz CT molecular complexity index is 404. The molecule has 0 bridgehead atoms. The van der Waals surface area contributed by atoms with Crippen LogP contribution in [0, 0.1) is 0 Å². The quantitative estimate of drug-likeness (QED) is 0.707. The molecule has 100 valence electrons. The summed E-state index contributed by atoms with van der Waals surface area (Å²) in [5.74, 6) is -0.173. The molecule has 1 aliphatic carbocycles. The molecule has 0 heterocycles. The van der Waals surface area contributed by atoms with Gasteiger partial charge in [-0.05, 0) is 30.7 Å². The second kappa shape index (κ2) is 8.42. The van der Waals surface area contributed by atoms with E-state index in [0.717, 1.165) is 11.3 Å². The lowest BCUT2D eigenvalue weighted by Crippen LogP contribution is -2.27. The van der Waals surface area contributed by atoms with E-state index >= 15 is 0 Å². The Kier molecular flexibility index (Phi) is 7.63. The van der Waals surface area contributed by atoms with Crippen LogP contribution in [0.5, 0.6) is 0 Å². The van der Waals surface area contributed by atoms with Crippen LogP contribution in [-0.2, 0) is 9.63 Å². The van der Waals surface area contributed by atoms with Crippen LogP contribution in [0.2, 0.25) is 0 Å². The van der Waals surface area contributed by atoms with Gasteiger partial charge < -0.3 is 0 Å². The van der Waals surface area contributed by atoms with Gasteiger partial charge in [0.1, 0.15) is 0 Å². The van der Waals surface area contributed by atoms with Gasteiger partial charge in [-0.3, -0.25) is 14.6 Å². The SMILES string of the molecule is C/C=C1/C=C(C(=O)N(C)OC)C=CC1=NC.CC. The van der Waals surface area contributed by atoms with Crippen molar-refractivity contribution in [2.24, 2.45) is 4.99 Å². The smallest absolute Gasteiger partial charge is 0.277 e. The molecule has 0 aliphatic heterocycles. The third kappa shape index (κ3) is 3.96. The molecule has 1 rings (SSSR count). The summed E-state index contributed by atoms with van der Waals surface area (Å²) in [5.41, 5.74) is 2.40. The monoisotopic (exact) mass is 250 g/mol. The zero-order valence-electron chi connectivity index (χ0n) is 12.0. The first-order valence-electron chi connectivity index (χ1n) is 5.99. The van der Waals surface area contributed by atoms with Crippen LogP contribution in [-0.4, -0.2) is 37.9 Å². The fourth-order valence-electron chi connectivity index (χ4n) is 1.39. The minimum absolute atomic E-state index is 0.173. The first-order chi connectivity index (χ1) is 8.63. The number of hydroxylamine groups is 2. The van der Waals surface area contributed by atoms with E-state index in [1.54, 1.807) is 26.2 Å². The standard InChI is InChI=1S/C12H16N2O2.C2H6/c1-5-9-8-10(6-7-11(9)13-2)12(15)14(3)16-4;1-2/h5-8H,1-4H3;1-2H3/b9-5-,13-11?;. The Morgan fingerprint density at radius 3 is 2.44 bits per heavy atom. The Balaban J connectivity index is 0.00000137. The van der Waals surface area contributed by atoms with Gasteiger partial charge >= 0.3 is 0 Å². The maximum Gasteiger partial charge on any atom is 0.277 e. The van der Waals surface area contributed by atoms with Crippen LogP contribution < -0.4 is 0 Å². The lowest BCUT2D eigenvalue weighted by molar-refractivity contribution is -0.163. The third-order valence-corrected chi connectivity index (χ3v) is 2.39. The van der Waals surface area contributed by atoms with Gasteiger partial charge in [0.15, 0.2) is 0 Å². The molecule has 4 heteroatoms. The summed E-state index contributed by atoms with van der Waals surface area (Å²) in [4.78, 5) is 20.8. The maximum absolute atomic E-state index is 11.8. The normalized spacial score (nSPS) is 18.2. The van der Waals surface area contributed by atoms with Gasteiger partial charge in [0.25, 0.3) is 5.91 Å².